The van der Waals surface area contributed by atoms with Crippen LogP contribution in [-0.2, 0) is 21.2 Å². The number of carbonyl (C=O) groups is 1. The molecule has 1 aromatic rings. The van der Waals surface area contributed by atoms with Gasteiger partial charge < -0.3 is 5.11 Å². The summed E-state index contributed by atoms with van der Waals surface area (Å²) in [5.41, 5.74) is 2.12. The SMILES string of the molecule is Cc1cccc(CCNS(=O)(=O)C(C)C(=O)O)c1. The highest BCUT2D eigenvalue weighted by Crippen LogP contribution is 2.05. The average molecular weight is 271 g/mol. The van der Waals surface area contributed by atoms with Crippen LogP contribution in [-0.4, -0.2) is 31.3 Å². The maximum absolute atomic E-state index is 11.5. The molecule has 0 spiro atoms. The molecular formula is C12H17NO4S. The van der Waals surface area contributed by atoms with E-state index < -0.39 is 21.2 Å². The van der Waals surface area contributed by atoms with Crippen LogP contribution in [0, 0.1) is 6.92 Å². The van der Waals surface area contributed by atoms with Crippen LogP contribution in [0.5, 0.6) is 0 Å². The van der Waals surface area contributed by atoms with Crippen molar-refractivity contribution < 1.29 is 18.3 Å². The first kappa shape index (κ1) is 14.7. The van der Waals surface area contributed by atoms with Crippen LogP contribution in [0.3, 0.4) is 0 Å². The first-order valence-corrected chi connectivity index (χ1v) is 7.14. The zero-order valence-corrected chi connectivity index (χ0v) is 11.2. The number of sulfonamides is 1. The van der Waals surface area contributed by atoms with Gasteiger partial charge in [-0.2, -0.15) is 0 Å². The summed E-state index contributed by atoms with van der Waals surface area (Å²) in [6.07, 6.45) is 0.535. The molecule has 0 aromatic heterocycles. The minimum Gasteiger partial charge on any atom is -0.480 e. The van der Waals surface area contributed by atoms with E-state index in [1.165, 1.54) is 0 Å². The lowest BCUT2D eigenvalue weighted by Crippen LogP contribution is -2.38. The van der Waals surface area contributed by atoms with Gasteiger partial charge in [-0.3, -0.25) is 4.79 Å². The number of benzene rings is 1. The number of aryl methyl sites for hydroxylation is 1. The van der Waals surface area contributed by atoms with Crippen molar-refractivity contribution in [1.82, 2.24) is 4.72 Å². The summed E-state index contributed by atoms with van der Waals surface area (Å²) in [7, 11) is -3.79. The van der Waals surface area contributed by atoms with E-state index in [2.05, 4.69) is 4.72 Å². The van der Waals surface area contributed by atoms with E-state index in [1.54, 1.807) is 0 Å². The first-order chi connectivity index (χ1) is 8.33. The predicted octanol–water partition coefficient (Wildman–Crippen LogP) is 0.930. The minimum atomic E-state index is -3.79. The first-order valence-electron chi connectivity index (χ1n) is 5.60. The summed E-state index contributed by atoms with van der Waals surface area (Å²) in [4.78, 5) is 10.6. The molecule has 0 aliphatic carbocycles. The molecule has 2 N–H and O–H groups in total. The van der Waals surface area contributed by atoms with Crippen LogP contribution < -0.4 is 4.72 Å². The Balaban J connectivity index is 2.54. The van der Waals surface area contributed by atoms with E-state index in [0.29, 0.717) is 6.42 Å². The highest BCUT2D eigenvalue weighted by Gasteiger charge is 2.26. The summed E-state index contributed by atoms with van der Waals surface area (Å²) in [6.45, 7) is 3.31. The van der Waals surface area contributed by atoms with Crippen molar-refractivity contribution in [2.45, 2.75) is 25.5 Å². The number of hydrogen-bond acceptors (Lipinski definition) is 3. The van der Waals surface area contributed by atoms with Crippen molar-refractivity contribution in [2.24, 2.45) is 0 Å². The Morgan fingerprint density at radius 1 is 1.44 bits per heavy atom. The summed E-state index contributed by atoms with van der Waals surface area (Å²) in [6, 6.07) is 7.73. The van der Waals surface area contributed by atoms with E-state index in [-0.39, 0.29) is 6.54 Å². The van der Waals surface area contributed by atoms with E-state index in [4.69, 9.17) is 5.11 Å². The van der Waals surface area contributed by atoms with Crippen LogP contribution in [0.2, 0.25) is 0 Å². The molecule has 0 heterocycles. The Bertz CT molecular complexity index is 525. The van der Waals surface area contributed by atoms with E-state index >= 15 is 0 Å². The van der Waals surface area contributed by atoms with Gasteiger partial charge in [-0.25, -0.2) is 13.1 Å². The molecule has 1 atom stereocenters. The van der Waals surface area contributed by atoms with Crippen molar-refractivity contribution in [2.75, 3.05) is 6.54 Å². The molecule has 18 heavy (non-hydrogen) atoms. The van der Waals surface area contributed by atoms with Gasteiger partial charge in [0.05, 0.1) is 0 Å². The van der Waals surface area contributed by atoms with Crippen molar-refractivity contribution in [1.29, 1.82) is 0 Å². The second-order valence-electron chi connectivity index (χ2n) is 4.16. The molecule has 1 rings (SSSR count). The number of carboxylic acids is 1. The predicted molar refractivity (Wildman–Crippen MR) is 68.9 cm³/mol. The van der Waals surface area contributed by atoms with Crippen LogP contribution in [0.1, 0.15) is 18.1 Å². The molecule has 6 heteroatoms. The van der Waals surface area contributed by atoms with Gasteiger partial charge in [0, 0.05) is 6.54 Å². The lowest BCUT2D eigenvalue weighted by molar-refractivity contribution is -0.136. The molecule has 0 fully saturated rings. The summed E-state index contributed by atoms with van der Waals surface area (Å²) < 4.78 is 25.4. The Kier molecular flexibility index (Phi) is 4.86. The van der Waals surface area contributed by atoms with Gasteiger partial charge in [-0.05, 0) is 25.8 Å². The van der Waals surface area contributed by atoms with Gasteiger partial charge in [-0.1, -0.05) is 29.8 Å². The molecule has 5 nitrogen and oxygen atoms in total. The standard InChI is InChI=1S/C12H17NO4S/c1-9-4-3-5-11(8-9)6-7-13-18(16,17)10(2)12(14)15/h3-5,8,10,13H,6-7H2,1-2H3,(H,14,15). The fraction of sp³-hybridized carbons (Fsp3) is 0.417. The summed E-state index contributed by atoms with van der Waals surface area (Å²) in [5, 5.41) is 7.22. The highest BCUT2D eigenvalue weighted by atomic mass is 32.2. The van der Waals surface area contributed by atoms with Gasteiger partial charge in [0.1, 0.15) is 0 Å². The molecule has 0 aliphatic rings. The van der Waals surface area contributed by atoms with Crippen molar-refractivity contribution in [3.8, 4) is 0 Å². The third-order valence-corrected chi connectivity index (χ3v) is 4.35. The summed E-state index contributed by atoms with van der Waals surface area (Å²) >= 11 is 0. The molecule has 0 bridgehead atoms. The Morgan fingerprint density at radius 3 is 2.67 bits per heavy atom. The number of nitrogens with one attached hydrogen (secondary N) is 1. The quantitative estimate of drug-likeness (QED) is 0.806. The molecule has 0 saturated heterocycles. The second kappa shape index (κ2) is 5.97. The normalized spacial score (nSPS) is 13.2. The lowest BCUT2D eigenvalue weighted by atomic mass is 10.1. The fourth-order valence-corrected chi connectivity index (χ4v) is 2.37. The van der Waals surface area contributed by atoms with Gasteiger partial charge >= 0.3 is 5.97 Å². The Hall–Kier alpha value is -1.40. The molecular weight excluding hydrogens is 254 g/mol. The second-order valence-corrected chi connectivity index (χ2v) is 6.24. The van der Waals surface area contributed by atoms with Crippen molar-refractivity contribution in [3.05, 3.63) is 35.4 Å². The molecule has 1 unspecified atom stereocenters. The number of carboxylic acid groups (broad SMARTS) is 1. The molecule has 1 aromatic carbocycles. The van der Waals surface area contributed by atoms with Gasteiger partial charge in [0.25, 0.3) is 0 Å². The maximum atomic E-state index is 11.5. The average Bonchev–Trinajstić information content (AvgIpc) is 2.27. The largest absolute Gasteiger partial charge is 0.480 e. The Labute approximate surface area is 107 Å². The smallest absolute Gasteiger partial charge is 0.323 e. The molecule has 0 saturated carbocycles. The van der Waals surface area contributed by atoms with E-state index in [9.17, 15) is 13.2 Å². The van der Waals surface area contributed by atoms with Crippen LogP contribution >= 0.6 is 0 Å². The topological polar surface area (TPSA) is 83.5 Å². The van der Waals surface area contributed by atoms with Crippen molar-refractivity contribution >= 4 is 16.0 Å². The van der Waals surface area contributed by atoms with Crippen molar-refractivity contribution in [3.63, 3.8) is 0 Å². The zero-order chi connectivity index (χ0) is 13.8. The number of aliphatic carboxylic acids is 1. The highest BCUT2D eigenvalue weighted by molar-refractivity contribution is 7.90. The minimum absolute atomic E-state index is 0.198. The van der Waals surface area contributed by atoms with Gasteiger partial charge in [-0.15, -0.1) is 0 Å². The molecule has 0 aliphatic heterocycles. The molecule has 0 amide bonds. The van der Waals surface area contributed by atoms with E-state index in [0.717, 1.165) is 18.1 Å². The van der Waals surface area contributed by atoms with Crippen LogP contribution in [0.4, 0.5) is 0 Å². The zero-order valence-electron chi connectivity index (χ0n) is 10.4. The van der Waals surface area contributed by atoms with Crippen LogP contribution in [0.15, 0.2) is 24.3 Å². The van der Waals surface area contributed by atoms with Gasteiger partial charge in [0.15, 0.2) is 5.25 Å². The maximum Gasteiger partial charge on any atom is 0.323 e. The van der Waals surface area contributed by atoms with Gasteiger partial charge in [0.2, 0.25) is 10.0 Å². The monoisotopic (exact) mass is 271 g/mol. The third-order valence-electron chi connectivity index (χ3n) is 2.61. The number of rotatable bonds is 6. The molecule has 0 radical (unpaired) electrons. The van der Waals surface area contributed by atoms with E-state index in [1.807, 2.05) is 31.2 Å². The lowest BCUT2D eigenvalue weighted by Gasteiger charge is -2.10. The van der Waals surface area contributed by atoms with Crippen LogP contribution in [0.25, 0.3) is 0 Å². The Morgan fingerprint density at radius 2 is 2.11 bits per heavy atom. The number of hydrogen-bond donors (Lipinski definition) is 2. The fourth-order valence-electron chi connectivity index (χ4n) is 1.46. The molecule has 100 valence electrons. The summed E-state index contributed by atoms with van der Waals surface area (Å²) in [5.74, 6) is -1.35. The third kappa shape index (κ3) is 4.12.